The third-order valence-corrected chi connectivity index (χ3v) is 4.67. The van der Waals surface area contributed by atoms with Gasteiger partial charge < -0.3 is 9.73 Å². The van der Waals surface area contributed by atoms with Crippen molar-refractivity contribution in [3.05, 3.63) is 17.9 Å². The maximum atomic E-state index is 12.2. The first-order chi connectivity index (χ1) is 9.45. The summed E-state index contributed by atoms with van der Waals surface area (Å²) in [6.45, 7) is 13.1. The summed E-state index contributed by atoms with van der Waals surface area (Å²) in [5.41, 5.74) is -0.120. The van der Waals surface area contributed by atoms with Gasteiger partial charge in [0.2, 0.25) is 5.09 Å². The molecule has 0 unspecified atom stereocenters. The fraction of sp³-hybridized carbons (Fsp3) is 0.733. The molecule has 1 aromatic rings. The van der Waals surface area contributed by atoms with Gasteiger partial charge in [0.05, 0.1) is 6.54 Å². The molecular formula is C15H28N2O3S. The van der Waals surface area contributed by atoms with Crippen LogP contribution >= 0.6 is 0 Å². The summed E-state index contributed by atoms with van der Waals surface area (Å²) in [7, 11) is -3.58. The van der Waals surface area contributed by atoms with E-state index in [1.54, 1.807) is 6.07 Å². The summed E-state index contributed by atoms with van der Waals surface area (Å²) in [5.74, 6) is 0.611. The zero-order valence-corrected chi connectivity index (χ0v) is 14.7. The highest BCUT2D eigenvalue weighted by Gasteiger charge is 2.23. The number of hydrogen-bond acceptors (Lipinski definition) is 4. The van der Waals surface area contributed by atoms with Crippen LogP contribution in [0.3, 0.4) is 0 Å². The van der Waals surface area contributed by atoms with Crippen LogP contribution < -0.4 is 10.0 Å². The first kappa shape index (κ1) is 18.2. The lowest BCUT2D eigenvalue weighted by atomic mass is 9.91. The van der Waals surface area contributed by atoms with E-state index in [4.69, 9.17) is 4.42 Å². The van der Waals surface area contributed by atoms with Crippen LogP contribution in [0, 0.1) is 5.41 Å². The number of sulfonamides is 1. The number of furan rings is 1. The van der Waals surface area contributed by atoms with Crippen LogP contribution in [0.1, 0.15) is 53.7 Å². The predicted molar refractivity (Wildman–Crippen MR) is 84.6 cm³/mol. The first-order valence-electron chi connectivity index (χ1n) is 7.29. The van der Waals surface area contributed by atoms with Gasteiger partial charge in [-0.15, -0.1) is 0 Å². The Hall–Kier alpha value is -0.850. The molecule has 0 aliphatic rings. The number of rotatable bonds is 7. The van der Waals surface area contributed by atoms with Crippen molar-refractivity contribution in [2.24, 2.45) is 5.41 Å². The molecule has 1 aromatic heterocycles. The lowest BCUT2D eigenvalue weighted by molar-refractivity contribution is 0.341. The minimum Gasteiger partial charge on any atom is -0.447 e. The Kier molecular flexibility index (Phi) is 5.63. The van der Waals surface area contributed by atoms with Crippen LogP contribution in [0.4, 0.5) is 0 Å². The van der Waals surface area contributed by atoms with E-state index in [-0.39, 0.29) is 16.0 Å². The maximum absolute atomic E-state index is 12.2. The van der Waals surface area contributed by atoms with Crippen molar-refractivity contribution >= 4 is 10.0 Å². The highest BCUT2D eigenvalue weighted by atomic mass is 32.2. The summed E-state index contributed by atoms with van der Waals surface area (Å²) >= 11 is 0. The van der Waals surface area contributed by atoms with Crippen molar-refractivity contribution < 1.29 is 12.8 Å². The minimum atomic E-state index is -3.58. The molecule has 2 N–H and O–H groups in total. The van der Waals surface area contributed by atoms with Gasteiger partial charge >= 0.3 is 0 Å². The summed E-state index contributed by atoms with van der Waals surface area (Å²) in [6.07, 6.45) is 0.897. The fourth-order valence-corrected chi connectivity index (χ4v) is 2.62. The van der Waals surface area contributed by atoms with E-state index < -0.39 is 10.0 Å². The lowest BCUT2D eigenvalue weighted by Gasteiger charge is -2.22. The molecule has 0 amide bonds. The standard InChI is InChI=1S/C15H28N2O3S/c1-7-15(5,6)11-17-21(18,19)13-9-8-12(20-13)10-16-14(2,3)4/h8-9,16-17H,7,10-11H2,1-6H3. The van der Waals surface area contributed by atoms with Crippen molar-refractivity contribution in [3.63, 3.8) is 0 Å². The molecule has 0 fully saturated rings. The Morgan fingerprint density at radius 3 is 2.29 bits per heavy atom. The van der Waals surface area contributed by atoms with E-state index in [9.17, 15) is 8.42 Å². The molecule has 0 atom stereocenters. The summed E-state index contributed by atoms with van der Waals surface area (Å²) in [4.78, 5) is 0. The molecule has 0 bridgehead atoms. The molecule has 1 rings (SSSR count). The van der Waals surface area contributed by atoms with Crippen LogP contribution in [0.15, 0.2) is 21.6 Å². The SMILES string of the molecule is CCC(C)(C)CNS(=O)(=O)c1ccc(CNC(C)(C)C)o1. The molecule has 122 valence electrons. The Labute approximate surface area is 128 Å². The summed E-state index contributed by atoms with van der Waals surface area (Å²) in [6, 6.07) is 3.19. The zero-order chi connectivity index (χ0) is 16.3. The third kappa shape index (κ3) is 6.20. The van der Waals surface area contributed by atoms with Gasteiger partial charge in [-0.05, 0) is 44.7 Å². The van der Waals surface area contributed by atoms with E-state index in [1.807, 2.05) is 41.5 Å². The van der Waals surface area contributed by atoms with Gasteiger partial charge in [-0.1, -0.05) is 20.8 Å². The third-order valence-electron chi connectivity index (χ3n) is 3.39. The van der Waals surface area contributed by atoms with Gasteiger partial charge in [0, 0.05) is 12.1 Å². The molecule has 0 aromatic carbocycles. The molecule has 0 saturated heterocycles. The van der Waals surface area contributed by atoms with Crippen molar-refractivity contribution in [1.82, 2.24) is 10.0 Å². The number of nitrogens with one attached hydrogen (secondary N) is 2. The highest BCUT2D eigenvalue weighted by molar-refractivity contribution is 7.89. The molecular weight excluding hydrogens is 288 g/mol. The van der Waals surface area contributed by atoms with E-state index in [0.29, 0.717) is 18.8 Å². The van der Waals surface area contributed by atoms with Gasteiger partial charge in [-0.2, -0.15) is 0 Å². The van der Waals surface area contributed by atoms with Crippen molar-refractivity contribution in [2.45, 2.75) is 65.1 Å². The van der Waals surface area contributed by atoms with Crippen LogP contribution in [-0.2, 0) is 16.6 Å². The molecule has 21 heavy (non-hydrogen) atoms. The smallest absolute Gasteiger partial charge is 0.273 e. The molecule has 0 saturated carbocycles. The minimum absolute atomic E-state index is 0.0277. The Morgan fingerprint density at radius 2 is 1.76 bits per heavy atom. The van der Waals surface area contributed by atoms with Gasteiger partial charge in [0.1, 0.15) is 5.76 Å². The average Bonchev–Trinajstić information content (AvgIpc) is 2.83. The first-order valence-corrected chi connectivity index (χ1v) is 8.77. The van der Waals surface area contributed by atoms with Crippen LogP contribution in [-0.4, -0.2) is 20.5 Å². The Bertz CT molecular complexity index is 554. The van der Waals surface area contributed by atoms with E-state index in [2.05, 4.69) is 10.0 Å². The van der Waals surface area contributed by atoms with E-state index in [1.165, 1.54) is 6.07 Å². The van der Waals surface area contributed by atoms with Gasteiger partial charge in [-0.3, -0.25) is 0 Å². The molecule has 5 nitrogen and oxygen atoms in total. The largest absolute Gasteiger partial charge is 0.447 e. The highest BCUT2D eigenvalue weighted by Crippen LogP contribution is 2.20. The summed E-state index contributed by atoms with van der Waals surface area (Å²) in [5, 5.41) is 3.23. The average molecular weight is 316 g/mol. The topological polar surface area (TPSA) is 71.3 Å². The zero-order valence-electron chi connectivity index (χ0n) is 13.9. The molecule has 6 heteroatoms. The van der Waals surface area contributed by atoms with Gasteiger partial charge in [0.25, 0.3) is 10.0 Å². The molecule has 0 spiro atoms. The van der Waals surface area contributed by atoms with Crippen molar-refractivity contribution in [1.29, 1.82) is 0 Å². The quantitative estimate of drug-likeness (QED) is 0.811. The fourth-order valence-electron chi connectivity index (χ4n) is 1.44. The second-order valence-electron chi connectivity index (χ2n) is 7.17. The van der Waals surface area contributed by atoms with Crippen molar-refractivity contribution in [2.75, 3.05) is 6.54 Å². The van der Waals surface area contributed by atoms with Crippen LogP contribution in [0.25, 0.3) is 0 Å². The van der Waals surface area contributed by atoms with E-state index >= 15 is 0 Å². The monoisotopic (exact) mass is 316 g/mol. The number of hydrogen-bond donors (Lipinski definition) is 2. The van der Waals surface area contributed by atoms with Crippen molar-refractivity contribution in [3.8, 4) is 0 Å². The Balaban J connectivity index is 2.70. The normalized spacial score (nSPS) is 13.6. The molecule has 0 radical (unpaired) electrons. The maximum Gasteiger partial charge on any atom is 0.273 e. The van der Waals surface area contributed by atoms with Crippen LogP contribution in [0.2, 0.25) is 0 Å². The lowest BCUT2D eigenvalue weighted by Crippen LogP contribution is -2.35. The predicted octanol–water partition coefficient (Wildman–Crippen LogP) is 2.88. The Morgan fingerprint density at radius 1 is 1.14 bits per heavy atom. The molecule has 1 heterocycles. The molecule has 0 aliphatic carbocycles. The molecule has 0 aliphatic heterocycles. The summed E-state index contributed by atoms with van der Waals surface area (Å²) < 4.78 is 32.4. The second kappa shape index (κ2) is 6.50. The van der Waals surface area contributed by atoms with Gasteiger partial charge in [-0.25, -0.2) is 13.1 Å². The van der Waals surface area contributed by atoms with Gasteiger partial charge in [0.15, 0.2) is 0 Å². The van der Waals surface area contributed by atoms with Crippen LogP contribution in [0.5, 0.6) is 0 Å². The van der Waals surface area contributed by atoms with E-state index in [0.717, 1.165) is 6.42 Å². The second-order valence-corrected chi connectivity index (χ2v) is 8.86.